The third-order valence-electron chi connectivity index (χ3n) is 11.4. The van der Waals surface area contributed by atoms with Crippen LogP contribution in [-0.4, -0.2) is 99.3 Å². The Morgan fingerprint density at radius 2 is 1.84 bits per heavy atom. The number of nitrogens with zero attached hydrogens (tertiary/aromatic N) is 1. The molecule has 0 radical (unpaired) electrons. The van der Waals surface area contributed by atoms with Crippen molar-refractivity contribution in [3.8, 4) is 0 Å². The lowest BCUT2D eigenvalue weighted by Gasteiger charge is -2.69. The van der Waals surface area contributed by atoms with E-state index in [0.29, 0.717) is 13.0 Å². The lowest BCUT2D eigenvalue weighted by atomic mass is 9.43. The summed E-state index contributed by atoms with van der Waals surface area (Å²) in [4.78, 5) is 2.62. The molecule has 6 aliphatic rings. The molecule has 0 unspecified atom stereocenters. The molecular weight excluding hydrogens is 410 g/mol. The van der Waals surface area contributed by atoms with Gasteiger partial charge in [0.25, 0.3) is 0 Å². The first kappa shape index (κ1) is 22.2. The minimum absolute atomic E-state index is 0.0234. The number of aliphatic hydroxyl groups is 2. The standard InChI is InChI=1S/C25H41NO6/c1-6-26-11-23(12-29-2)8-7-16(31-4)25-14-9-13-15(30-3)10-24(28,17(14)19(13)27)18(22(25)26)20(32-5)21(23)25/h13-22,27-28H,6-12H2,1-5H3/t13-,14-,15-,16-,17-,18+,19-,20-,21-,22-,23+,24-,25+/m1/s1. The van der Waals surface area contributed by atoms with Crippen molar-refractivity contribution in [2.75, 3.05) is 48.1 Å². The van der Waals surface area contributed by atoms with Crippen LogP contribution in [0.2, 0.25) is 0 Å². The first-order chi connectivity index (χ1) is 15.4. The summed E-state index contributed by atoms with van der Waals surface area (Å²) in [5, 5.41) is 24.1. The third kappa shape index (κ3) is 2.19. The van der Waals surface area contributed by atoms with Crippen molar-refractivity contribution in [3.05, 3.63) is 0 Å². The van der Waals surface area contributed by atoms with Crippen molar-refractivity contribution in [2.24, 2.45) is 40.4 Å². The highest BCUT2D eigenvalue weighted by molar-refractivity contribution is 5.35. The highest BCUT2D eigenvalue weighted by atomic mass is 16.5. The predicted molar refractivity (Wildman–Crippen MR) is 117 cm³/mol. The number of aliphatic hydroxyl groups excluding tert-OH is 1. The molecule has 1 saturated heterocycles. The van der Waals surface area contributed by atoms with Crippen molar-refractivity contribution >= 4 is 0 Å². The normalized spacial score (nSPS) is 60.1. The number of ether oxygens (including phenoxy) is 4. The van der Waals surface area contributed by atoms with Gasteiger partial charge < -0.3 is 29.2 Å². The number of hydrogen-bond acceptors (Lipinski definition) is 7. The third-order valence-corrected chi connectivity index (χ3v) is 11.4. The molecule has 6 fully saturated rings. The second-order valence-electron chi connectivity index (χ2n) is 11.8. The Balaban J connectivity index is 1.63. The summed E-state index contributed by atoms with van der Waals surface area (Å²) in [6.07, 6.45) is 2.89. The molecule has 1 spiro atoms. The van der Waals surface area contributed by atoms with Crippen LogP contribution in [0.25, 0.3) is 0 Å². The molecule has 13 atom stereocenters. The molecule has 5 saturated carbocycles. The molecule has 1 heterocycles. The van der Waals surface area contributed by atoms with E-state index in [1.807, 2.05) is 21.3 Å². The lowest BCUT2D eigenvalue weighted by Crippen LogP contribution is -2.76. The summed E-state index contributed by atoms with van der Waals surface area (Å²) in [7, 11) is 7.23. The average molecular weight is 452 g/mol. The number of methoxy groups -OCH3 is 4. The van der Waals surface area contributed by atoms with Gasteiger partial charge in [-0.15, -0.1) is 0 Å². The molecule has 7 nitrogen and oxygen atoms in total. The smallest absolute Gasteiger partial charge is 0.0796 e. The van der Waals surface area contributed by atoms with Crippen LogP contribution >= 0.6 is 0 Å². The van der Waals surface area contributed by atoms with Gasteiger partial charge in [0.05, 0.1) is 36.6 Å². The van der Waals surface area contributed by atoms with Gasteiger partial charge in [-0.2, -0.15) is 0 Å². The van der Waals surface area contributed by atoms with Gasteiger partial charge in [0.1, 0.15) is 0 Å². The van der Waals surface area contributed by atoms with Crippen molar-refractivity contribution in [1.29, 1.82) is 0 Å². The van der Waals surface area contributed by atoms with Crippen LogP contribution in [0.4, 0.5) is 0 Å². The quantitative estimate of drug-likeness (QED) is 0.627. The second-order valence-corrected chi connectivity index (χ2v) is 11.8. The fourth-order valence-electron chi connectivity index (χ4n) is 11.0. The SMILES string of the molecule is CCN1C[C@]2(COC)CC[C@@H](OC)[C@@]34[C@@H]5C[C@H]6[C@@H](O)[C@@H]5[C@](O)(C[C@H]6OC)[C@@H]([C@@H](OC)[C@H]23)[C@@H]14. The minimum Gasteiger partial charge on any atom is -0.392 e. The Hall–Kier alpha value is -0.280. The van der Waals surface area contributed by atoms with E-state index in [0.717, 1.165) is 32.4 Å². The van der Waals surface area contributed by atoms with Gasteiger partial charge in [0, 0.05) is 81.9 Å². The molecule has 0 aromatic rings. The van der Waals surface area contributed by atoms with Gasteiger partial charge in [0.15, 0.2) is 0 Å². The van der Waals surface area contributed by atoms with Crippen LogP contribution in [0.1, 0.15) is 32.6 Å². The first-order valence-corrected chi connectivity index (χ1v) is 12.6. The summed E-state index contributed by atoms with van der Waals surface area (Å²) in [5.74, 6) is 0.310. The fourth-order valence-corrected chi connectivity index (χ4v) is 11.0. The van der Waals surface area contributed by atoms with E-state index in [2.05, 4.69) is 11.8 Å². The van der Waals surface area contributed by atoms with Crippen LogP contribution < -0.4 is 0 Å². The van der Waals surface area contributed by atoms with Crippen molar-refractivity contribution in [1.82, 2.24) is 4.90 Å². The van der Waals surface area contributed by atoms with Crippen molar-refractivity contribution < 1.29 is 29.2 Å². The summed E-state index contributed by atoms with van der Waals surface area (Å²) in [6.45, 7) is 4.86. The lowest BCUT2D eigenvalue weighted by molar-refractivity contribution is -0.276. The Kier molecular flexibility index (Phi) is 4.94. The molecule has 5 aliphatic carbocycles. The molecule has 1 aliphatic heterocycles. The molecule has 182 valence electrons. The Morgan fingerprint density at radius 1 is 1.06 bits per heavy atom. The number of likely N-dealkylation sites (tertiary alicyclic amines) is 1. The van der Waals surface area contributed by atoms with Gasteiger partial charge in [-0.25, -0.2) is 0 Å². The van der Waals surface area contributed by atoms with Crippen molar-refractivity contribution in [2.45, 2.75) is 68.7 Å². The first-order valence-electron chi connectivity index (χ1n) is 12.6. The zero-order valence-corrected chi connectivity index (χ0v) is 20.2. The van der Waals surface area contributed by atoms with Gasteiger partial charge in [-0.05, 0) is 31.7 Å². The molecule has 6 rings (SSSR count). The van der Waals surface area contributed by atoms with Crippen LogP contribution in [0, 0.1) is 40.4 Å². The van der Waals surface area contributed by atoms with E-state index >= 15 is 0 Å². The van der Waals surface area contributed by atoms with E-state index in [9.17, 15) is 10.2 Å². The zero-order valence-electron chi connectivity index (χ0n) is 20.2. The van der Waals surface area contributed by atoms with Crippen LogP contribution in [0.5, 0.6) is 0 Å². The Morgan fingerprint density at radius 3 is 2.47 bits per heavy atom. The zero-order chi connectivity index (χ0) is 22.6. The Labute approximate surface area is 191 Å². The van der Waals surface area contributed by atoms with E-state index in [1.54, 1.807) is 7.11 Å². The summed E-state index contributed by atoms with van der Waals surface area (Å²) < 4.78 is 24.5. The maximum absolute atomic E-state index is 12.6. The largest absolute Gasteiger partial charge is 0.392 e. The molecule has 32 heavy (non-hydrogen) atoms. The summed E-state index contributed by atoms with van der Waals surface area (Å²) in [5.41, 5.74) is -1.18. The van der Waals surface area contributed by atoms with Gasteiger partial charge in [0.2, 0.25) is 0 Å². The van der Waals surface area contributed by atoms with Gasteiger partial charge in [-0.1, -0.05) is 6.92 Å². The van der Waals surface area contributed by atoms with E-state index < -0.39 is 11.7 Å². The van der Waals surface area contributed by atoms with Gasteiger partial charge in [-0.3, -0.25) is 4.90 Å². The number of piperidine rings is 1. The molecule has 7 heteroatoms. The van der Waals surface area contributed by atoms with Crippen LogP contribution in [0.3, 0.4) is 0 Å². The highest BCUT2D eigenvalue weighted by Gasteiger charge is 2.86. The van der Waals surface area contributed by atoms with Gasteiger partial charge >= 0.3 is 0 Å². The molecule has 7 bridgehead atoms. The molecular formula is C25H41NO6. The van der Waals surface area contributed by atoms with Crippen LogP contribution in [0.15, 0.2) is 0 Å². The maximum Gasteiger partial charge on any atom is 0.0796 e. The second kappa shape index (κ2) is 7.12. The average Bonchev–Trinajstić information content (AvgIpc) is 3.19. The summed E-state index contributed by atoms with van der Waals surface area (Å²) in [6, 6.07) is 0.186. The highest BCUT2D eigenvalue weighted by Crippen LogP contribution is 2.79. The van der Waals surface area contributed by atoms with E-state index in [1.165, 1.54) is 0 Å². The monoisotopic (exact) mass is 451 g/mol. The van der Waals surface area contributed by atoms with E-state index in [-0.39, 0.29) is 64.8 Å². The minimum atomic E-state index is -0.999. The topological polar surface area (TPSA) is 80.6 Å². The fraction of sp³-hybridized carbons (Fsp3) is 1.00. The number of rotatable bonds is 6. The number of fused-ring (bicyclic) bond motifs is 2. The van der Waals surface area contributed by atoms with E-state index in [4.69, 9.17) is 18.9 Å². The molecule has 2 N–H and O–H groups in total. The Bertz CT molecular complexity index is 767. The molecule has 0 aromatic carbocycles. The summed E-state index contributed by atoms with van der Waals surface area (Å²) >= 11 is 0. The van der Waals surface area contributed by atoms with Crippen LogP contribution in [-0.2, 0) is 18.9 Å². The molecule has 0 aromatic heterocycles. The number of hydrogen-bond donors (Lipinski definition) is 2. The predicted octanol–water partition coefficient (Wildman–Crippen LogP) is 1.16. The molecule has 0 amide bonds. The van der Waals surface area contributed by atoms with Crippen molar-refractivity contribution in [3.63, 3.8) is 0 Å². The maximum atomic E-state index is 12.6.